The van der Waals surface area contributed by atoms with Crippen LogP contribution in [0.4, 0.5) is 0 Å². The summed E-state index contributed by atoms with van der Waals surface area (Å²) in [6, 6.07) is 18.8. The van der Waals surface area contributed by atoms with Crippen LogP contribution in [0.15, 0.2) is 64.9 Å². The molecule has 5 aromatic rings. The van der Waals surface area contributed by atoms with Crippen LogP contribution in [0.2, 0.25) is 0 Å². The van der Waals surface area contributed by atoms with Crippen molar-refractivity contribution in [3.8, 4) is 11.3 Å². The molecule has 6 rings (SSSR count). The van der Waals surface area contributed by atoms with Crippen LogP contribution in [0.1, 0.15) is 89.5 Å². The van der Waals surface area contributed by atoms with E-state index in [1.807, 2.05) is 40.0 Å². The molecular formula is C39H44IrNO3-. The Hall–Kier alpha value is -3.27. The molecule has 2 heterocycles. The average Bonchev–Trinajstić information content (AvgIpc) is 3.35. The van der Waals surface area contributed by atoms with Crippen LogP contribution in [0.5, 0.6) is 0 Å². The molecule has 1 aliphatic carbocycles. The number of allylic oxidation sites excluding steroid dienone is 2. The van der Waals surface area contributed by atoms with E-state index in [1.54, 1.807) is 0 Å². The number of fused-ring (bicyclic) bond motifs is 4. The minimum atomic E-state index is -0.204. The number of pyridine rings is 1. The maximum atomic E-state index is 11.7. The van der Waals surface area contributed by atoms with E-state index in [1.165, 1.54) is 38.9 Å². The van der Waals surface area contributed by atoms with Gasteiger partial charge in [0.1, 0.15) is 11.2 Å². The monoisotopic (exact) mass is 767 g/mol. The summed E-state index contributed by atoms with van der Waals surface area (Å²) in [7, 11) is 0. The van der Waals surface area contributed by atoms with E-state index < -0.39 is 0 Å². The first-order valence-corrected chi connectivity index (χ1v) is 15.8. The van der Waals surface area contributed by atoms with Crippen molar-refractivity contribution < 1.29 is 34.4 Å². The Kier molecular flexibility index (Phi) is 10.2. The van der Waals surface area contributed by atoms with Crippen LogP contribution in [0, 0.1) is 31.7 Å². The number of nitrogens with zero attached hydrogens (tertiary/aromatic N) is 1. The molecular weight excluding hydrogens is 723 g/mol. The van der Waals surface area contributed by atoms with Crippen molar-refractivity contribution >= 4 is 38.5 Å². The Morgan fingerprint density at radius 2 is 1.66 bits per heavy atom. The zero-order chi connectivity index (χ0) is 31.1. The van der Waals surface area contributed by atoms with Crippen molar-refractivity contribution in [3.63, 3.8) is 0 Å². The van der Waals surface area contributed by atoms with Gasteiger partial charge in [-0.3, -0.25) is 4.79 Å². The first kappa shape index (κ1) is 33.6. The van der Waals surface area contributed by atoms with E-state index in [2.05, 4.69) is 70.2 Å². The number of aryl methyl sites for hydroxylation is 2. The fraction of sp³-hybridized carbons (Fsp3) is 0.385. The molecule has 2 aromatic heterocycles. The molecule has 4 nitrogen and oxygen atoms in total. The van der Waals surface area contributed by atoms with E-state index in [0.717, 1.165) is 59.1 Å². The zero-order valence-corrected chi connectivity index (χ0v) is 29.6. The fourth-order valence-corrected chi connectivity index (χ4v) is 6.79. The van der Waals surface area contributed by atoms with Gasteiger partial charge in [-0.25, -0.2) is 0 Å². The van der Waals surface area contributed by atoms with Crippen LogP contribution < -0.4 is 0 Å². The molecule has 0 saturated carbocycles. The molecule has 1 radical (unpaired) electrons. The molecule has 0 saturated heterocycles. The SMILES string of the molecule is CCC(CC)C(=O)/C=C(\O)C(CC)CC.Cc1ccc2c3c([c-]cc2c1)-c1nccc2oc4c(C)ccc(c4c12)C3(C)C.[Ir]. The molecule has 44 heavy (non-hydrogen) atoms. The topological polar surface area (TPSA) is 63.3 Å². The van der Waals surface area contributed by atoms with Crippen molar-refractivity contribution in [3.05, 3.63) is 88.8 Å². The van der Waals surface area contributed by atoms with Gasteiger partial charge in [0.25, 0.3) is 0 Å². The number of ketones is 1. The third-order valence-electron chi connectivity index (χ3n) is 9.44. The van der Waals surface area contributed by atoms with Gasteiger partial charge in [0.15, 0.2) is 5.78 Å². The third kappa shape index (κ3) is 5.77. The summed E-state index contributed by atoms with van der Waals surface area (Å²) < 4.78 is 6.30. The fourth-order valence-electron chi connectivity index (χ4n) is 6.79. The molecule has 0 aliphatic heterocycles. The van der Waals surface area contributed by atoms with Crippen LogP contribution in [0.3, 0.4) is 0 Å². The summed E-state index contributed by atoms with van der Waals surface area (Å²) >= 11 is 0. The average molecular weight is 767 g/mol. The molecule has 0 bridgehead atoms. The Morgan fingerprint density at radius 3 is 2.32 bits per heavy atom. The normalized spacial score (nSPS) is 13.6. The number of carbonyl (C=O) groups excluding carboxylic acids is 1. The number of carbonyl (C=O) groups is 1. The second kappa shape index (κ2) is 13.4. The Bertz CT molecular complexity index is 1850. The predicted octanol–water partition coefficient (Wildman–Crippen LogP) is 10.7. The largest absolute Gasteiger partial charge is 0.512 e. The third-order valence-corrected chi connectivity index (χ3v) is 9.44. The maximum Gasteiger partial charge on any atom is 0.162 e. The number of aliphatic hydroxyl groups is 1. The second-order valence-corrected chi connectivity index (χ2v) is 12.5. The Labute approximate surface area is 275 Å². The van der Waals surface area contributed by atoms with E-state index >= 15 is 0 Å². The van der Waals surface area contributed by atoms with Gasteiger partial charge in [-0.15, -0.1) is 23.3 Å². The standard InChI is InChI=1S/C26H20NO.C13H24O2.Ir/c1-14-5-8-17-16(13-14)7-9-18-23(17)26(3,4)19-10-6-15(2)25-21(19)22-20(28-25)11-12-27-24(18)22;1-5-10(6-2)12(14)9-13(15)11(7-3)8-4;/h5-8,10-13H,1-4H3;9-11,14H,5-8H2,1-4H3;/q-1;;/b;12-9-;. The number of hydrogen-bond donors (Lipinski definition) is 1. The zero-order valence-electron chi connectivity index (χ0n) is 27.2. The second-order valence-electron chi connectivity index (χ2n) is 12.5. The summed E-state index contributed by atoms with van der Waals surface area (Å²) in [5.74, 6) is 0.547. The number of furan rings is 1. The minimum absolute atomic E-state index is 0. The Morgan fingerprint density at radius 1 is 0.977 bits per heavy atom. The first-order chi connectivity index (χ1) is 20.6. The molecule has 3 aromatic carbocycles. The summed E-state index contributed by atoms with van der Waals surface area (Å²) in [5, 5.41) is 14.6. The molecule has 0 atom stereocenters. The number of rotatable bonds is 7. The molecule has 1 aliphatic rings. The number of aromatic nitrogens is 1. The van der Waals surface area contributed by atoms with Crippen LogP contribution in [-0.4, -0.2) is 15.9 Å². The number of aliphatic hydroxyl groups excluding tert-OH is 1. The summed E-state index contributed by atoms with van der Waals surface area (Å²) in [4.78, 5) is 16.5. The van der Waals surface area contributed by atoms with Crippen LogP contribution >= 0.6 is 0 Å². The molecule has 1 N–H and O–H groups in total. The van der Waals surface area contributed by atoms with Gasteiger partial charge >= 0.3 is 0 Å². The van der Waals surface area contributed by atoms with Crippen molar-refractivity contribution in [2.75, 3.05) is 0 Å². The van der Waals surface area contributed by atoms with Gasteiger partial charge in [0.2, 0.25) is 0 Å². The van der Waals surface area contributed by atoms with E-state index in [9.17, 15) is 9.90 Å². The molecule has 0 amide bonds. The number of hydrogen-bond acceptors (Lipinski definition) is 4. The van der Waals surface area contributed by atoms with Crippen LogP contribution in [0.25, 0.3) is 44.0 Å². The molecule has 233 valence electrons. The van der Waals surface area contributed by atoms with Gasteiger partial charge in [0.05, 0.1) is 5.76 Å². The molecule has 0 spiro atoms. The molecule has 0 fully saturated rings. The first-order valence-electron chi connectivity index (χ1n) is 15.8. The van der Waals surface area contributed by atoms with E-state index in [4.69, 9.17) is 9.40 Å². The van der Waals surface area contributed by atoms with Gasteiger partial charge in [-0.2, -0.15) is 0 Å². The van der Waals surface area contributed by atoms with E-state index in [-0.39, 0.29) is 48.9 Å². The summed E-state index contributed by atoms with van der Waals surface area (Å²) in [5.41, 5.74) is 8.75. The van der Waals surface area contributed by atoms with Crippen molar-refractivity contribution in [1.82, 2.24) is 4.98 Å². The quantitative estimate of drug-likeness (QED) is 0.102. The van der Waals surface area contributed by atoms with E-state index in [0.29, 0.717) is 0 Å². The summed E-state index contributed by atoms with van der Waals surface area (Å²) in [6.07, 6.45) is 6.76. The van der Waals surface area contributed by atoms with Crippen LogP contribution in [-0.2, 0) is 30.3 Å². The minimum Gasteiger partial charge on any atom is -0.512 e. The van der Waals surface area contributed by atoms with Crippen molar-refractivity contribution in [2.24, 2.45) is 11.8 Å². The maximum absolute atomic E-state index is 11.7. The molecule has 0 unspecified atom stereocenters. The number of benzene rings is 3. The van der Waals surface area contributed by atoms with Gasteiger partial charge in [0, 0.05) is 55.0 Å². The van der Waals surface area contributed by atoms with Crippen molar-refractivity contribution in [2.45, 2.75) is 86.5 Å². The summed E-state index contributed by atoms with van der Waals surface area (Å²) in [6.45, 7) is 17.0. The van der Waals surface area contributed by atoms with Gasteiger partial charge < -0.3 is 14.5 Å². The Balaban J connectivity index is 0.000000239. The van der Waals surface area contributed by atoms with Gasteiger partial charge in [-0.1, -0.05) is 88.2 Å². The smallest absolute Gasteiger partial charge is 0.162 e. The predicted molar refractivity (Wildman–Crippen MR) is 179 cm³/mol. The van der Waals surface area contributed by atoms with Gasteiger partial charge in [-0.05, 0) is 67.8 Å². The molecule has 5 heteroatoms. The van der Waals surface area contributed by atoms with Crippen molar-refractivity contribution in [1.29, 1.82) is 0 Å².